The van der Waals surface area contributed by atoms with E-state index in [-0.39, 0.29) is 0 Å². The SMILES string of the molecule is CCCCCCCCCCCC[C]1[CH][CH][C](C=O)[CH]1. The number of unbranched alkanes of at least 4 members (excludes halogenated alkanes) is 9. The average Bonchev–Trinajstić information content (AvgIpc) is 2.89. The molecule has 0 bridgehead atoms. The summed E-state index contributed by atoms with van der Waals surface area (Å²) < 4.78 is 0. The van der Waals surface area contributed by atoms with Crippen molar-refractivity contribution < 1.29 is 4.79 Å². The number of aldehydes is 1. The van der Waals surface area contributed by atoms with Crippen LogP contribution in [0.15, 0.2) is 0 Å². The van der Waals surface area contributed by atoms with E-state index in [2.05, 4.69) is 13.3 Å². The van der Waals surface area contributed by atoms with Gasteiger partial charge in [-0.05, 0) is 31.6 Å². The van der Waals surface area contributed by atoms with Gasteiger partial charge in [0.05, 0.1) is 0 Å². The highest BCUT2D eigenvalue weighted by Crippen LogP contribution is 2.33. The number of carbonyl (C=O) groups excluding carboxylic acids is 1. The van der Waals surface area contributed by atoms with Gasteiger partial charge in [0.2, 0.25) is 0 Å². The van der Waals surface area contributed by atoms with E-state index >= 15 is 0 Å². The third-order valence-corrected chi connectivity index (χ3v) is 3.80. The van der Waals surface area contributed by atoms with Crippen LogP contribution in [0.3, 0.4) is 0 Å². The second-order valence-corrected chi connectivity index (χ2v) is 5.60. The number of hydrogen-bond acceptors (Lipinski definition) is 1. The minimum Gasteiger partial charge on any atom is -0.303 e. The van der Waals surface area contributed by atoms with Crippen molar-refractivity contribution in [1.82, 2.24) is 0 Å². The predicted octanol–water partition coefficient (Wildman–Crippen LogP) is 5.27. The predicted molar refractivity (Wildman–Crippen MR) is 81.9 cm³/mol. The van der Waals surface area contributed by atoms with Gasteiger partial charge in [0.25, 0.3) is 0 Å². The van der Waals surface area contributed by atoms with Crippen LogP contribution in [-0.2, 0) is 4.79 Å². The fraction of sp³-hybridized carbons (Fsp3) is 0.667. The Labute approximate surface area is 120 Å². The van der Waals surface area contributed by atoms with Gasteiger partial charge in [0, 0.05) is 5.92 Å². The third-order valence-electron chi connectivity index (χ3n) is 3.80. The molecule has 19 heavy (non-hydrogen) atoms. The van der Waals surface area contributed by atoms with Gasteiger partial charge in [-0.1, -0.05) is 71.1 Å². The van der Waals surface area contributed by atoms with E-state index < -0.39 is 0 Å². The molecule has 107 valence electrons. The van der Waals surface area contributed by atoms with Crippen LogP contribution >= 0.6 is 0 Å². The van der Waals surface area contributed by atoms with Gasteiger partial charge < -0.3 is 4.79 Å². The van der Waals surface area contributed by atoms with Crippen molar-refractivity contribution >= 4 is 6.29 Å². The molecule has 0 spiro atoms. The molecule has 0 amide bonds. The molecule has 1 heteroatoms. The second-order valence-electron chi connectivity index (χ2n) is 5.60. The zero-order valence-corrected chi connectivity index (χ0v) is 12.5. The molecular weight excluding hydrogens is 232 g/mol. The molecule has 1 nitrogen and oxygen atoms in total. The Kier molecular flexibility index (Phi) is 10.1. The third kappa shape index (κ3) is 8.44. The van der Waals surface area contributed by atoms with Crippen molar-refractivity contribution in [3.05, 3.63) is 31.1 Å². The second kappa shape index (κ2) is 11.5. The zero-order chi connectivity index (χ0) is 13.8. The van der Waals surface area contributed by atoms with Gasteiger partial charge in [0.1, 0.15) is 6.29 Å². The van der Waals surface area contributed by atoms with Gasteiger partial charge in [-0.2, -0.15) is 0 Å². The molecule has 0 heterocycles. The number of hydrogen-bond donors (Lipinski definition) is 0. The minimum absolute atomic E-state index is 0.821. The zero-order valence-electron chi connectivity index (χ0n) is 12.5. The highest BCUT2D eigenvalue weighted by Gasteiger charge is 2.25. The van der Waals surface area contributed by atoms with E-state index in [9.17, 15) is 4.79 Å². The quantitative estimate of drug-likeness (QED) is 0.345. The van der Waals surface area contributed by atoms with E-state index in [0.717, 1.165) is 18.6 Å². The smallest absolute Gasteiger partial charge is 0.127 e. The molecular formula is C18H29O. The summed E-state index contributed by atoms with van der Waals surface area (Å²) in [6.07, 6.45) is 21.9. The highest BCUT2D eigenvalue weighted by atomic mass is 16.1. The summed E-state index contributed by atoms with van der Waals surface area (Å²) in [6, 6.07) is 0. The van der Waals surface area contributed by atoms with Crippen LogP contribution in [0.25, 0.3) is 0 Å². The first kappa shape index (κ1) is 16.7. The van der Waals surface area contributed by atoms with Crippen LogP contribution in [0, 0.1) is 31.1 Å². The Morgan fingerprint density at radius 1 is 0.842 bits per heavy atom. The van der Waals surface area contributed by atoms with Crippen LogP contribution < -0.4 is 0 Å². The lowest BCUT2D eigenvalue weighted by atomic mass is 9.97. The molecule has 0 saturated heterocycles. The van der Waals surface area contributed by atoms with E-state index in [1.165, 1.54) is 70.1 Å². The van der Waals surface area contributed by atoms with Gasteiger partial charge in [-0.3, -0.25) is 0 Å². The average molecular weight is 261 g/mol. The lowest BCUT2D eigenvalue weighted by Crippen LogP contribution is -1.95. The Hall–Kier alpha value is -0.330. The Morgan fingerprint density at radius 3 is 1.95 bits per heavy atom. The van der Waals surface area contributed by atoms with Crippen LogP contribution in [0.2, 0.25) is 0 Å². The standard InChI is InChI=1S/C18H29O/c1-2-3-4-5-6-7-8-9-10-11-12-17-13-14-18(15-17)16-19/h13-16H,2-12H2,1H3. The molecule has 1 aliphatic carbocycles. The highest BCUT2D eigenvalue weighted by molar-refractivity contribution is 5.79. The van der Waals surface area contributed by atoms with E-state index in [1.54, 1.807) is 0 Å². The van der Waals surface area contributed by atoms with Crippen molar-refractivity contribution in [1.29, 1.82) is 0 Å². The summed E-state index contributed by atoms with van der Waals surface area (Å²) >= 11 is 0. The van der Waals surface area contributed by atoms with E-state index in [1.807, 2.05) is 12.8 Å². The molecule has 0 unspecified atom stereocenters. The molecule has 0 atom stereocenters. The maximum absolute atomic E-state index is 10.6. The summed E-state index contributed by atoms with van der Waals surface area (Å²) in [6.45, 7) is 2.27. The maximum Gasteiger partial charge on any atom is 0.127 e. The van der Waals surface area contributed by atoms with Crippen molar-refractivity contribution in [3.63, 3.8) is 0 Å². The van der Waals surface area contributed by atoms with Gasteiger partial charge in [-0.15, -0.1) is 0 Å². The Balaban J connectivity index is 1.78. The summed E-state index contributed by atoms with van der Waals surface area (Å²) in [5.41, 5.74) is 0. The van der Waals surface area contributed by atoms with Gasteiger partial charge >= 0.3 is 0 Å². The fourth-order valence-corrected chi connectivity index (χ4v) is 2.56. The van der Waals surface area contributed by atoms with Crippen molar-refractivity contribution in [3.8, 4) is 0 Å². The Bertz CT molecular complexity index is 212. The summed E-state index contributed by atoms with van der Waals surface area (Å²) in [7, 11) is 0. The fourth-order valence-electron chi connectivity index (χ4n) is 2.56. The lowest BCUT2D eigenvalue weighted by Gasteiger charge is -2.07. The molecule has 1 rings (SSSR count). The summed E-state index contributed by atoms with van der Waals surface area (Å²) in [4.78, 5) is 10.6. The molecule has 0 aromatic carbocycles. The van der Waals surface area contributed by atoms with Crippen LogP contribution in [0.1, 0.15) is 77.6 Å². The molecule has 1 fully saturated rings. The lowest BCUT2D eigenvalue weighted by molar-refractivity contribution is -0.105. The monoisotopic (exact) mass is 261 g/mol. The molecule has 0 aliphatic heterocycles. The first-order valence-electron chi connectivity index (χ1n) is 8.07. The topological polar surface area (TPSA) is 17.1 Å². The number of rotatable bonds is 12. The van der Waals surface area contributed by atoms with Crippen LogP contribution in [0.4, 0.5) is 0 Å². The van der Waals surface area contributed by atoms with Gasteiger partial charge in [0.15, 0.2) is 0 Å². The largest absolute Gasteiger partial charge is 0.303 e. The van der Waals surface area contributed by atoms with Crippen LogP contribution in [-0.4, -0.2) is 6.29 Å². The summed E-state index contributed by atoms with van der Waals surface area (Å²) in [5.74, 6) is 2.14. The maximum atomic E-state index is 10.6. The summed E-state index contributed by atoms with van der Waals surface area (Å²) in [5, 5.41) is 0. The number of carbonyl (C=O) groups is 1. The van der Waals surface area contributed by atoms with Crippen LogP contribution in [0.5, 0.6) is 0 Å². The molecule has 0 aromatic rings. The van der Waals surface area contributed by atoms with Crippen molar-refractivity contribution in [2.24, 2.45) is 0 Å². The van der Waals surface area contributed by atoms with Crippen molar-refractivity contribution in [2.75, 3.05) is 0 Å². The Morgan fingerprint density at radius 2 is 1.42 bits per heavy atom. The minimum atomic E-state index is 0.821. The molecule has 1 aliphatic rings. The molecule has 1 saturated carbocycles. The molecule has 5 radical (unpaired) electrons. The van der Waals surface area contributed by atoms with E-state index in [4.69, 9.17) is 0 Å². The normalized spacial score (nSPS) is 17.1. The first-order chi connectivity index (χ1) is 9.36. The van der Waals surface area contributed by atoms with Crippen molar-refractivity contribution in [2.45, 2.75) is 77.6 Å². The first-order valence-corrected chi connectivity index (χ1v) is 8.07. The molecule has 0 aromatic heterocycles. The molecule has 0 N–H and O–H groups in total. The van der Waals surface area contributed by atoms with Gasteiger partial charge in [-0.25, -0.2) is 0 Å². The van der Waals surface area contributed by atoms with E-state index in [0.29, 0.717) is 0 Å².